The Morgan fingerprint density at radius 3 is 2.52 bits per heavy atom. The molecule has 0 bridgehead atoms. The van der Waals surface area contributed by atoms with Gasteiger partial charge in [0.05, 0.1) is 11.9 Å². The number of carbonyl (C=O) groups excluding carboxylic acids is 1. The minimum Gasteiger partial charge on any atom is -0.387 e. The molecule has 25 heavy (non-hydrogen) atoms. The number of amides is 1. The number of fused-ring (bicyclic) bond motifs is 1. The zero-order valence-electron chi connectivity index (χ0n) is 14.1. The highest BCUT2D eigenvalue weighted by Gasteiger charge is 2.10. The molecule has 3 aromatic rings. The van der Waals surface area contributed by atoms with Gasteiger partial charge in [0, 0.05) is 11.4 Å². The van der Waals surface area contributed by atoms with Crippen LogP contribution >= 0.6 is 11.8 Å². The topological polar surface area (TPSA) is 49.3 Å². The Kier molecular flexibility index (Phi) is 5.74. The van der Waals surface area contributed by atoms with Gasteiger partial charge in [-0.1, -0.05) is 60.2 Å². The highest BCUT2D eigenvalue weighted by molar-refractivity contribution is 8.00. The van der Waals surface area contributed by atoms with Crippen LogP contribution in [0.3, 0.4) is 0 Å². The molecule has 0 saturated carbocycles. The molecule has 4 heteroatoms. The van der Waals surface area contributed by atoms with Gasteiger partial charge in [-0.15, -0.1) is 11.8 Å². The summed E-state index contributed by atoms with van der Waals surface area (Å²) in [5.74, 6) is 0.253. The lowest BCUT2D eigenvalue weighted by atomic mass is 10.1. The van der Waals surface area contributed by atoms with Crippen LogP contribution in [0.5, 0.6) is 0 Å². The first-order valence-corrected chi connectivity index (χ1v) is 9.23. The second-order valence-corrected chi connectivity index (χ2v) is 7.08. The van der Waals surface area contributed by atoms with E-state index in [4.69, 9.17) is 0 Å². The van der Waals surface area contributed by atoms with E-state index in [1.807, 2.05) is 49.4 Å². The maximum absolute atomic E-state index is 12.0. The van der Waals surface area contributed by atoms with Crippen LogP contribution in [-0.2, 0) is 4.79 Å². The molecule has 3 rings (SSSR count). The average Bonchev–Trinajstić information content (AvgIpc) is 2.65. The SMILES string of the molecule is Cc1ccc(C(O)CNC(=O)CSc2ccc3ccccc3c2)cc1. The number of aliphatic hydroxyl groups excluding tert-OH is 1. The van der Waals surface area contributed by atoms with E-state index in [1.54, 1.807) is 0 Å². The highest BCUT2D eigenvalue weighted by Crippen LogP contribution is 2.23. The fourth-order valence-electron chi connectivity index (χ4n) is 2.57. The molecule has 0 fully saturated rings. The van der Waals surface area contributed by atoms with E-state index in [0.717, 1.165) is 16.0 Å². The number of thioether (sulfide) groups is 1. The molecule has 0 heterocycles. The zero-order valence-corrected chi connectivity index (χ0v) is 14.9. The molecule has 128 valence electrons. The minimum absolute atomic E-state index is 0.0793. The van der Waals surface area contributed by atoms with Crippen molar-refractivity contribution in [1.82, 2.24) is 5.32 Å². The number of aryl methyl sites for hydroxylation is 1. The van der Waals surface area contributed by atoms with Gasteiger partial charge in [-0.2, -0.15) is 0 Å². The van der Waals surface area contributed by atoms with Crippen LogP contribution in [0.4, 0.5) is 0 Å². The first-order valence-electron chi connectivity index (χ1n) is 8.25. The molecule has 0 spiro atoms. The van der Waals surface area contributed by atoms with E-state index in [9.17, 15) is 9.90 Å². The average molecular weight is 351 g/mol. The van der Waals surface area contributed by atoms with E-state index in [-0.39, 0.29) is 12.5 Å². The van der Waals surface area contributed by atoms with Crippen LogP contribution in [0.2, 0.25) is 0 Å². The van der Waals surface area contributed by atoms with Gasteiger partial charge in [-0.05, 0) is 35.4 Å². The highest BCUT2D eigenvalue weighted by atomic mass is 32.2. The predicted molar refractivity (Wildman–Crippen MR) is 104 cm³/mol. The van der Waals surface area contributed by atoms with Crippen molar-refractivity contribution in [3.63, 3.8) is 0 Å². The van der Waals surface area contributed by atoms with E-state index >= 15 is 0 Å². The van der Waals surface area contributed by atoms with Gasteiger partial charge in [0.25, 0.3) is 0 Å². The van der Waals surface area contributed by atoms with Crippen molar-refractivity contribution in [2.45, 2.75) is 17.9 Å². The van der Waals surface area contributed by atoms with Gasteiger partial charge in [0.15, 0.2) is 0 Å². The number of carbonyl (C=O) groups is 1. The van der Waals surface area contributed by atoms with Gasteiger partial charge >= 0.3 is 0 Å². The van der Waals surface area contributed by atoms with Crippen LogP contribution in [0.25, 0.3) is 10.8 Å². The third-order valence-corrected chi connectivity index (χ3v) is 5.04. The molecule has 1 amide bonds. The maximum Gasteiger partial charge on any atom is 0.230 e. The molecule has 2 N–H and O–H groups in total. The number of rotatable bonds is 6. The summed E-state index contributed by atoms with van der Waals surface area (Å²) >= 11 is 1.50. The molecule has 0 aromatic heterocycles. The van der Waals surface area contributed by atoms with E-state index in [1.165, 1.54) is 22.5 Å². The number of nitrogens with one attached hydrogen (secondary N) is 1. The monoisotopic (exact) mass is 351 g/mol. The van der Waals surface area contributed by atoms with Gasteiger partial charge in [0.2, 0.25) is 5.91 Å². The summed E-state index contributed by atoms with van der Waals surface area (Å²) in [6, 6.07) is 22.0. The Morgan fingerprint density at radius 1 is 1.04 bits per heavy atom. The van der Waals surface area contributed by atoms with Gasteiger partial charge in [0.1, 0.15) is 0 Å². The number of hydrogen-bond donors (Lipinski definition) is 2. The lowest BCUT2D eigenvalue weighted by Crippen LogP contribution is -2.29. The molecule has 0 aliphatic heterocycles. The van der Waals surface area contributed by atoms with E-state index < -0.39 is 6.10 Å². The lowest BCUT2D eigenvalue weighted by molar-refractivity contribution is -0.119. The smallest absolute Gasteiger partial charge is 0.230 e. The quantitative estimate of drug-likeness (QED) is 0.658. The molecule has 1 atom stereocenters. The molecule has 0 aliphatic rings. The van der Waals surface area contributed by atoms with Crippen molar-refractivity contribution in [2.24, 2.45) is 0 Å². The summed E-state index contributed by atoms with van der Waals surface area (Å²) in [5, 5.41) is 15.3. The van der Waals surface area contributed by atoms with Crippen molar-refractivity contribution >= 4 is 28.4 Å². The molecule has 0 saturated heterocycles. The standard InChI is InChI=1S/C21H21NO2S/c1-15-6-8-17(9-7-15)20(23)13-22-21(24)14-25-19-11-10-16-4-2-3-5-18(16)12-19/h2-12,20,23H,13-14H2,1H3,(H,22,24). The van der Waals surface area contributed by atoms with Gasteiger partial charge in [-0.3, -0.25) is 4.79 Å². The Morgan fingerprint density at radius 2 is 1.76 bits per heavy atom. The Bertz CT molecular complexity index is 861. The summed E-state index contributed by atoms with van der Waals surface area (Å²) in [7, 11) is 0. The Hall–Kier alpha value is -2.30. The Labute approximate surface area is 152 Å². The first-order chi connectivity index (χ1) is 12.1. The van der Waals surface area contributed by atoms with Crippen LogP contribution in [0.15, 0.2) is 71.6 Å². The number of aliphatic hydroxyl groups is 1. The van der Waals surface area contributed by atoms with Crippen LogP contribution in [-0.4, -0.2) is 23.3 Å². The van der Waals surface area contributed by atoms with Crippen LogP contribution in [0, 0.1) is 6.92 Å². The van der Waals surface area contributed by atoms with E-state index in [2.05, 4.69) is 29.6 Å². The van der Waals surface area contributed by atoms with E-state index in [0.29, 0.717) is 5.75 Å². The van der Waals surface area contributed by atoms with Crippen molar-refractivity contribution < 1.29 is 9.90 Å². The summed E-state index contributed by atoms with van der Waals surface area (Å²) in [4.78, 5) is 13.1. The predicted octanol–water partition coefficient (Wildman–Crippen LogP) is 4.09. The summed E-state index contributed by atoms with van der Waals surface area (Å²) in [6.45, 7) is 2.22. The fourth-order valence-corrected chi connectivity index (χ4v) is 3.35. The fraction of sp³-hybridized carbons (Fsp3) is 0.190. The zero-order chi connectivity index (χ0) is 17.6. The van der Waals surface area contributed by atoms with Gasteiger partial charge in [-0.25, -0.2) is 0 Å². The summed E-state index contributed by atoms with van der Waals surface area (Å²) < 4.78 is 0. The maximum atomic E-state index is 12.0. The molecular weight excluding hydrogens is 330 g/mol. The van der Waals surface area contributed by atoms with Crippen molar-refractivity contribution in [3.8, 4) is 0 Å². The summed E-state index contributed by atoms with van der Waals surface area (Å²) in [6.07, 6.45) is -0.685. The minimum atomic E-state index is -0.685. The van der Waals surface area contributed by atoms with Gasteiger partial charge < -0.3 is 10.4 Å². The largest absolute Gasteiger partial charge is 0.387 e. The van der Waals surface area contributed by atoms with Crippen molar-refractivity contribution in [2.75, 3.05) is 12.3 Å². The first kappa shape index (κ1) is 17.5. The Balaban J connectivity index is 1.49. The van der Waals surface area contributed by atoms with Crippen molar-refractivity contribution in [1.29, 1.82) is 0 Å². The molecule has 3 aromatic carbocycles. The lowest BCUT2D eigenvalue weighted by Gasteiger charge is -2.12. The molecule has 1 unspecified atom stereocenters. The molecule has 0 aliphatic carbocycles. The van der Waals surface area contributed by atoms with Crippen LogP contribution < -0.4 is 5.32 Å². The third-order valence-electron chi connectivity index (χ3n) is 4.05. The van der Waals surface area contributed by atoms with Crippen molar-refractivity contribution in [3.05, 3.63) is 77.9 Å². The number of hydrogen-bond acceptors (Lipinski definition) is 3. The third kappa shape index (κ3) is 4.84. The summed E-state index contributed by atoms with van der Waals surface area (Å²) in [5.41, 5.74) is 1.96. The number of benzene rings is 3. The second-order valence-electron chi connectivity index (χ2n) is 6.03. The second kappa shape index (κ2) is 8.19. The normalized spacial score (nSPS) is 12.1. The molecule has 3 nitrogen and oxygen atoms in total. The van der Waals surface area contributed by atoms with Crippen LogP contribution in [0.1, 0.15) is 17.2 Å². The molecule has 0 radical (unpaired) electrons. The molecular formula is C21H21NO2S.